The Labute approximate surface area is 244 Å². The number of nitrogens with one attached hydrogen (secondary N) is 3. The molecule has 1 saturated heterocycles. The van der Waals surface area contributed by atoms with Gasteiger partial charge in [-0.25, -0.2) is 4.98 Å². The molecule has 1 fully saturated rings. The number of carbonyl (C=O) groups is 3. The van der Waals surface area contributed by atoms with E-state index in [9.17, 15) is 19.5 Å². The van der Waals surface area contributed by atoms with E-state index in [2.05, 4.69) is 20.6 Å². The first-order valence-electron chi connectivity index (χ1n) is 10.7. The van der Waals surface area contributed by atoms with Crippen LogP contribution in [0.5, 0.6) is 0 Å². The van der Waals surface area contributed by atoms with Crippen molar-refractivity contribution >= 4 is 57.5 Å². The molecule has 0 bridgehead atoms. The van der Waals surface area contributed by atoms with Gasteiger partial charge in [-0.15, -0.1) is 0 Å². The first kappa shape index (κ1) is 30.8. The number of aryl methyl sites for hydroxylation is 1. The number of H-pyrrole nitrogens is 1. The molecule has 15 heteroatoms. The number of halogens is 2. The van der Waals surface area contributed by atoms with E-state index in [1.807, 2.05) is 4.90 Å². The summed E-state index contributed by atoms with van der Waals surface area (Å²) < 4.78 is 10.7. The van der Waals surface area contributed by atoms with Gasteiger partial charge in [0, 0.05) is 39.5 Å². The third-order valence-corrected chi connectivity index (χ3v) is 7.74. The Morgan fingerprint density at radius 2 is 1.97 bits per heavy atom. The number of hydrogen-bond acceptors (Lipinski definition) is 9. The molecule has 0 radical (unpaired) electrons. The monoisotopic (exact) mass is 569 g/mol. The first-order chi connectivity index (χ1) is 16.6. The molecule has 0 aromatic carbocycles. The van der Waals surface area contributed by atoms with Gasteiger partial charge in [-0.05, 0) is 20.3 Å². The van der Waals surface area contributed by atoms with E-state index in [0.717, 1.165) is 11.3 Å². The number of carboxylic acids is 1. The maximum Gasteiger partial charge on any atom is 1.00 e. The number of carbonyl (C=O) groups excluding carboxylic acids is 3. The largest absolute Gasteiger partial charge is 1.00 e. The SMILES string of the molecule is CO[C@H](C)CNC(=O)c1nc(N2CC[C@@H](NC(=O)c3[nH]c(C)c(Cl)c3Cl)[C@@H](OC)C2)sc1C(=O)[O-].[Na+]. The van der Waals surface area contributed by atoms with Gasteiger partial charge >= 0.3 is 29.6 Å². The predicted molar refractivity (Wildman–Crippen MR) is 130 cm³/mol. The number of hydrogen-bond donors (Lipinski definition) is 3. The Balaban J connectivity index is 0.00000456. The van der Waals surface area contributed by atoms with E-state index in [0.29, 0.717) is 35.4 Å². The second-order valence-corrected chi connectivity index (χ2v) is 9.79. The fraction of sp³-hybridized carbons (Fsp3) is 0.524. The number of thiazole rings is 1. The van der Waals surface area contributed by atoms with Crippen LogP contribution in [0.25, 0.3) is 0 Å². The minimum absolute atomic E-state index is 0. The summed E-state index contributed by atoms with van der Waals surface area (Å²) in [7, 11) is 3.02. The number of aromatic amines is 1. The summed E-state index contributed by atoms with van der Waals surface area (Å²) in [5, 5.41) is 17.9. The molecule has 3 atom stereocenters. The molecule has 2 amide bonds. The Bertz CT molecular complexity index is 1110. The van der Waals surface area contributed by atoms with Gasteiger partial charge in [-0.2, -0.15) is 0 Å². The van der Waals surface area contributed by atoms with Gasteiger partial charge in [0.25, 0.3) is 11.8 Å². The topological polar surface area (TPSA) is 149 Å². The number of rotatable bonds is 9. The zero-order valence-corrected chi connectivity index (χ0v) is 24.9. The summed E-state index contributed by atoms with van der Waals surface area (Å²) in [5.41, 5.74) is 0.540. The number of anilines is 1. The Morgan fingerprint density at radius 3 is 2.53 bits per heavy atom. The van der Waals surface area contributed by atoms with Gasteiger partial charge in [0.2, 0.25) is 0 Å². The van der Waals surface area contributed by atoms with Crippen molar-refractivity contribution in [3.63, 3.8) is 0 Å². The van der Waals surface area contributed by atoms with E-state index < -0.39 is 23.9 Å². The van der Waals surface area contributed by atoms with Crippen LogP contribution in [0.4, 0.5) is 5.13 Å². The molecule has 0 aliphatic carbocycles. The van der Waals surface area contributed by atoms with Gasteiger partial charge in [0.15, 0.2) is 10.8 Å². The predicted octanol–water partition coefficient (Wildman–Crippen LogP) is -1.76. The summed E-state index contributed by atoms with van der Waals surface area (Å²) in [4.78, 5) is 45.6. The zero-order valence-electron chi connectivity index (χ0n) is 20.6. The van der Waals surface area contributed by atoms with Crippen molar-refractivity contribution in [1.82, 2.24) is 20.6 Å². The van der Waals surface area contributed by atoms with Crippen LogP contribution in [0.1, 0.15) is 49.7 Å². The van der Waals surface area contributed by atoms with Crippen molar-refractivity contribution in [2.75, 3.05) is 38.8 Å². The third kappa shape index (κ3) is 6.93. The molecule has 2 aromatic heterocycles. The molecule has 3 N–H and O–H groups in total. The van der Waals surface area contributed by atoms with Crippen molar-refractivity contribution < 1.29 is 58.5 Å². The molecule has 0 saturated carbocycles. The van der Waals surface area contributed by atoms with Crippen LogP contribution in [0.2, 0.25) is 10.0 Å². The number of methoxy groups -OCH3 is 2. The molecule has 36 heavy (non-hydrogen) atoms. The van der Waals surface area contributed by atoms with Gasteiger partial charge in [0.1, 0.15) is 5.69 Å². The average Bonchev–Trinajstić information content (AvgIpc) is 3.40. The standard InChI is InChI=1S/C21H27Cl2N5O6S.Na/c1-9(33-3)7-24-18(29)16-17(20(31)32)35-21(27-16)28-6-5-11(12(8-28)34-4)26-19(30)15-14(23)13(22)10(2)25-15;/h9,11-12,25H,5-8H2,1-4H3,(H,24,29)(H,26,30)(H,31,32);/q;+1/p-1/t9-,11-,12+;/m1./s1. The van der Waals surface area contributed by atoms with Gasteiger partial charge < -0.3 is 39.9 Å². The fourth-order valence-electron chi connectivity index (χ4n) is 3.60. The van der Waals surface area contributed by atoms with E-state index in [1.165, 1.54) is 14.2 Å². The van der Waals surface area contributed by atoms with Crippen LogP contribution in [-0.4, -0.2) is 79.9 Å². The maximum atomic E-state index is 12.8. The molecule has 192 valence electrons. The van der Waals surface area contributed by atoms with Crippen LogP contribution in [-0.2, 0) is 9.47 Å². The van der Waals surface area contributed by atoms with Crippen LogP contribution >= 0.6 is 34.5 Å². The van der Waals surface area contributed by atoms with Crippen molar-refractivity contribution in [1.29, 1.82) is 0 Å². The molecule has 0 spiro atoms. The van der Waals surface area contributed by atoms with Crippen molar-refractivity contribution in [2.24, 2.45) is 0 Å². The number of nitrogens with zero attached hydrogens (tertiary/aromatic N) is 2. The maximum absolute atomic E-state index is 12.8. The number of ether oxygens (including phenoxy) is 2. The Morgan fingerprint density at radius 1 is 1.28 bits per heavy atom. The van der Waals surface area contributed by atoms with E-state index in [1.54, 1.807) is 13.8 Å². The molecular weight excluding hydrogens is 544 g/mol. The van der Waals surface area contributed by atoms with Crippen LogP contribution < -0.4 is 50.2 Å². The Hall–Kier alpha value is -1.38. The normalized spacial score (nSPS) is 18.3. The van der Waals surface area contributed by atoms with Crippen molar-refractivity contribution in [3.8, 4) is 0 Å². The second kappa shape index (κ2) is 13.4. The molecule has 3 rings (SSSR count). The minimum Gasteiger partial charge on any atom is -0.544 e. The number of amides is 2. The third-order valence-electron chi connectivity index (χ3n) is 5.70. The van der Waals surface area contributed by atoms with Crippen molar-refractivity contribution in [2.45, 2.75) is 38.5 Å². The minimum atomic E-state index is -1.49. The number of aromatic nitrogens is 2. The molecular formula is C21H26Cl2N5NaO6S. The summed E-state index contributed by atoms with van der Waals surface area (Å²) in [5.74, 6) is -2.53. The average molecular weight is 570 g/mol. The fourth-order valence-corrected chi connectivity index (χ4v) is 4.95. The number of aromatic carboxylic acids is 1. The molecule has 1 aliphatic heterocycles. The molecule has 3 heterocycles. The van der Waals surface area contributed by atoms with Crippen molar-refractivity contribution in [3.05, 3.63) is 32.0 Å². The smallest absolute Gasteiger partial charge is 0.544 e. The summed E-state index contributed by atoms with van der Waals surface area (Å²) in [6, 6.07) is -0.346. The molecule has 2 aromatic rings. The van der Waals surface area contributed by atoms with Crippen LogP contribution in [0.3, 0.4) is 0 Å². The summed E-state index contributed by atoms with van der Waals surface area (Å²) in [6.07, 6.45) is -0.211. The van der Waals surface area contributed by atoms with Gasteiger partial charge in [0.05, 0.1) is 39.1 Å². The molecule has 11 nitrogen and oxygen atoms in total. The molecule has 0 unspecified atom stereocenters. The summed E-state index contributed by atoms with van der Waals surface area (Å²) in [6.45, 7) is 4.41. The van der Waals surface area contributed by atoms with Gasteiger partial charge in [-0.1, -0.05) is 34.5 Å². The Kier molecular flexibility index (Phi) is 11.5. The van der Waals surface area contributed by atoms with E-state index >= 15 is 0 Å². The second-order valence-electron chi connectivity index (χ2n) is 8.06. The first-order valence-corrected chi connectivity index (χ1v) is 12.3. The van der Waals surface area contributed by atoms with E-state index in [-0.39, 0.29) is 69.5 Å². The number of carboxylic acid groups (broad SMARTS) is 1. The van der Waals surface area contributed by atoms with Gasteiger partial charge in [-0.3, -0.25) is 9.59 Å². The van der Waals surface area contributed by atoms with E-state index in [4.69, 9.17) is 32.7 Å². The van der Waals surface area contributed by atoms with Crippen LogP contribution in [0, 0.1) is 6.92 Å². The quantitative estimate of drug-likeness (QED) is 0.301. The summed E-state index contributed by atoms with van der Waals surface area (Å²) >= 11 is 13.1. The van der Waals surface area contributed by atoms with Crippen LogP contribution in [0.15, 0.2) is 0 Å². The number of piperidine rings is 1. The zero-order chi connectivity index (χ0) is 25.9. The molecule has 1 aliphatic rings.